The number of hydrogen-bond donors (Lipinski definition) is 0. The Kier molecular flexibility index (Phi) is 2.97. The summed E-state index contributed by atoms with van der Waals surface area (Å²) in [4.78, 5) is 4.26. The minimum Gasteiger partial charge on any atom is -0.495 e. The molecule has 0 bridgehead atoms. The van der Waals surface area contributed by atoms with E-state index >= 15 is 0 Å². The van der Waals surface area contributed by atoms with Crippen molar-refractivity contribution < 1.29 is 4.74 Å². The second-order valence-corrected chi connectivity index (χ2v) is 3.73. The Hall–Kier alpha value is -1.42. The van der Waals surface area contributed by atoms with Crippen LogP contribution in [0, 0.1) is 0 Å². The largest absolute Gasteiger partial charge is 0.495 e. The van der Waals surface area contributed by atoms with Crippen LogP contribution in [0.2, 0.25) is 0 Å². The van der Waals surface area contributed by atoms with Gasteiger partial charge in [0.15, 0.2) is 5.16 Å². The molecule has 1 aromatic heterocycles. The fraction of sp³-hybridized carbons (Fsp3) is 0.182. The third-order valence-electron chi connectivity index (χ3n) is 2.13. The molecule has 0 aliphatic rings. The van der Waals surface area contributed by atoms with Crippen LogP contribution in [0.1, 0.15) is 0 Å². The molecule has 0 unspecified atom stereocenters. The van der Waals surface area contributed by atoms with Gasteiger partial charge in [0.25, 0.3) is 0 Å². The van der Waals surface area contributed by atoms with Gasteiger partial charge in [-0.3, -0.25) is 4.57 Å². The van der Waals surface area contributed by atoms with Gasteiger partial charge in [-0.05, 0) is 18.4 Å². The number of methoxy groups -OCH3 is 1. The summed E-state index contributed by atoms with van der Waals surface area (Å²) in [6, 6.07) is 7.90. The van der Waals surface area contributed by atoms with Crippen molar-refractivity contribution in [3.8, 4) is 11.4 Å². The van der Waals surface area contributed by atoms with Crippen molar-refractivity contribution in [1.82, 2.24) is 9.55 Å². The molecule has 0 amide bonds. The van der Waals surface area contributed by atoms with Gasteiger partial charge in [0.05, 0.1) is 12.8 Å². The maximum Gasteiger partial charge on any atom is 0.172 e. The van der Waals surface area contributed by atoms with Crippen molar-refractivity contribution in [3.05, 3.63) is 36.7 Å². The number of hydrogen-bond acceptors (Lipinski definition) is 3. The molecule has 78 valence electrons. The van der Waals surface area contributed by atoms with E-state index in [-0.39, 0.29) is 0 Å². The molecule has 3 nitrogen and oxygen atoms in total. The smallest absolute Gasteiger partial charge is 0.172 e. The first kappa shape index (κ1) is 10.1. The monoisotopic (exact) mass is 220 g/mol. The molecule has 2 aromatic rings. The predicted octanol–water partition coefficient (Wildman–Crippen LogP) is 2.60. The molecule has 0 saturated heterocycles. The van der Waals surface area contributed by atoms with Gasteiger partial charge < -0.3 is 4.74 Å². The summed E-state index contributed by atoms with van der Waals surface area (Å²) in [6.45, 7) is 0. The third kappa shape index (κ3) is 1.85. The normalized spacial score (nSPS) is 10.3. The van der Waals surface area contributed by atoms with E-state index in [9.17, 15) is 0 Å². The van der Waals surface area contributed by atoms with E-state index in [0.717, 1.165) is 16.6 Å². The van der Waals surface area contributed by atoms with E-state index < -0.39 is 0 Å². The molecule has 4 heteroatoms. The molecule has 0 aliphatic carbocycles. The van der Waals surface area contributed by atoms with Crippen LogP contribution in [0.25, 0.3) is 5.69 Å². The van der Waals surface area contributed by atoms with Gasteiger partial charge in [0.2, 0.25) is 0 Å². The van der Waals surface area contributed by atoms with E-state index in [1.54, 1.807) is 25.1 Å². The fourth-order valence-electron chi connectivity index (χ4n) is 1.45. The molecule has 0 fully saturated rings. The number of ether oxygens (including phenoxy) is 1. The minimum atomic E-state index is 0.853. The van der Waals surface area contributed by atoms with Crippen molar-refractivity contribution in [1.29, 1.82) is 0 Å². The van der Waals surface area contributed by atoms with E-state index in [1.807, 2.05) is 41.3 Å². The van der Waals surface area contributed by atoms with Crippen LogP contribution in [0.5, 0.6) is 5.75 Å². The minimum absolute atomic E-state index is 0.853. The van der Waals surface area contributed by atoms with Crippen molar-refractivity contribution in [2.24, 2.45) is 0 Å². The summed E-state index contributed by atoms with van der Waals surface area (Å²) in [5.74, 6) is 0.853. The highest BCUT2D eigenvalue weighted by atomic mass is 32.2. The van der Waals surface area contributed by atoms with Crippen LogP contribution in [0.15, 0.2) is 41.8 Å². The Morgan fingerprint density at radius 2 is 2.13 bits per heavy atom. The molecule has 0 saturated carbocycles. The molecule has 15 heavy (non-hydrogen) atoms. The molecular weight excluding hydrogens is 208 g/mol. The topological polar surface area (TPSA) is 27.1 Å². The van der Waals surface area contributed by atoms with Gasteiger partial charge >= 0.3 is 0 Å². The average molecular weight is 220 g/mol. The highest BCUT2D eigenvalue weighted by molar-refractivity contribution is 7.98. The van der Waals surface area contributed by atoms with Crippen molar-refractivity contribution in [2.75, 3.05) is 13.4 Å². The van der Waals surface area contributed by atoms with Gasteiger partial charge in [-0.2, -0.15) is 0 Å². The Morgan fingerprint density at radius 1 is 1.33 bits per heavy atom. The van der Waals surface area contributed by atoms with Crippen molar-refractivity contribution >= 4 is 11.8 Å². The van der Waals surface area contributed by atoms with Gasteiger partial charge in [-0.1, -0.05) is 23.9 Å². The summed E-state index contributed by atoms with van der Waals surface area (Å²) in [7, 11) is 1.68. The summed E-state index contributed by atoms with van der Waals surface area (Å²) in [5, 5.41) is 0.958. The quantitative estimate of drug-likeness (QED) is 0.744. The summed E-state index contributed by atoms with van der Waals surface area (Å²) in [6.07, 6.45) is 5.73. The summed E-state index contributed by atoms with van der Waals surface area (Å²) >= 11 is 1.61. The number of benzene rings is 1. The maximum absolute atomic E-state index is 5.31. The lowest BCUT2D eigenvalue weighted by Crippen LogP contribution is -1.97. The summed E-state index contributed by atoms with van der Waals surface area (Å²) < 4.78 is 7.33. The SMILES string of the molecule is COc1ccccc1-n1ccnc1SC. The predicted molar refractivity (Wildman–Crippen MR) is 61.9 cm³/mol. The highest BCUT2D eigenvalue weighted by Crippen LogP contribution is 2.25. The number of thioether (sulfide) groups is 1. The van der Waals surface area contributed by atoms with E-state index in [4.69, 9.17) is 4.74 Å². The Morgan fingerprint density at radius 3 is 2.87 bits per heavy atom. The zero-order valence-corrected chi connectivity index (χ0v) is 9.49. The Bertz CT molecular complexity index is 453. The Balaban J connectivity index is 2.53. The molecule has 1 heterocycles. The van der Waals surface area contributed by atoms with Crippen molar-refractivity contribution in [2.45, 2.75) is 5.16 Å². The first-order valence-electron chi connectivity index (χ1n) is 4.57. The van der Waals surface area contributed by atoms with E-state index in [2.05, 4.69) is 4.98 Å². The molecule has 0 atom stereocenters. The zero-order chi connectivity index (χ0) is 10.7. The lowest BCUT2D eigenvalue weighted by molar-refractivity contribution is 0.412. The highest BCUT2D eigenvalue weighted by Gasteiger charge is 2.07. The van der Waals surface area contributed by atoms with Crippen LogP contribution in [-0.2, 0) is 0 Å². The number of rotatable bonds is 3. The molecule has 0 N–H and O–H groups in total. The van der Waals surface area contributed by atoms with E-state index in [1.165, 1.54) is 0 Å². The number of imidazole rings is 1. The number of para-hydroxylation sites is 2. The first-order chi connectivity index (χ1) is 7.36. The fourth-order valence-corrected chi connectivity index (χ4v) is 1.98. The maximum atomic E-state index is 5.31. The second-order valence-electron chi connectivity index (χ2n) is 2.96. The van der Waals surface area contributed by atoms with Gasteiger partial charge in [-0.15, -0.1) is 0 Å². The van der Waals surface area contributed by atoms with Crippen LogP contribution < -0.4 is 4.74 Å². The first-order valence-corrected chi connectivity index (χ1v) is 5.80. The van der Waals surface area contributed by atoms with Crippen LogP contribution in [0.3, 0.4) is 0 Å². The van der Waals surface area contributed by atoms with Crippen LogP contribution in [-0.4, -0.2) is 22.9 Å². The lowest BCUT2D eigenvalue weighted by Gasteiger charge is -2.10. The summed E-state index contributed by atoms with van der Waals surface area (Å²) in [5.41, 5.74) is 1.02. The van der Waals surface area contributed by atoms with E-state index in [0.29, 0.717) is 0 Å². The number of aromatic nitrogens is 2. The molecule has 2 rings (SSSR count). The molecular formula is C11H12N2OS. The van der Waals surface area contributed by atoms with Crippen molar-refractivity contribution in [3.63, 3.8) is 0 Å². The third-order valence-corrected chi connectivity index (χ3v) is 2.80. The van der Waals surface area contributed by atoms with Gasteiger partial charge in [0, 0.05) is 12.4 Å². The Labute approximate surface area is 93.1 Å². The molecule has 0 radical (unpaired) electrons. The van der Waals surface area contributed by atoms with Gasteiger partial charge in [0.1, 0.15) is 5.75 Å². The molecule has 0 aliphatic heterocycles. The van der Waals surface area contributed by atoms with Crippen LogP contribution >= 0.6 is 11.8 Å². The standard InChI is InChI=1S/C11H12N2OS/c1-14-10-6-4-3-5-9(10)13-8-7-12-11(13)15-2/h3-8H,1-2H3. The second kappa shape index (κ2) is 4.40. The molecule has 1 aromatic carbocycles. The average Bonchev–Trinajstić information content (AvgIpc) is 2.76. The van der Waals surface area contributed by atoms with Gasteiger partial charge in [-0.25, -0.2) is 4.98 Å². The zero-order valence-electron chi connectivity index (χ0n) is 8.68. The lowest BCUT2D eigenvalue weighted by atomic mass is 10.3. The van der Waals surface area contributed by atoms with Crippen LogP contribution in [0.4, 0.5) is 0 Å². The molecule has 0 spiro atoms. The number of nitrogens with zero attached hydrogens (tertiary/aromatic N) is 2.